The molecule has 112 valence electrons. The van der Waals surface area contributed by atoms with Gasteiger partial charge in [-0.1, -0.05) is 23.8 Å². The first-order valence-corrected chi connectivity index (χ1v) is 7.18. The summed E-state index contributed by atoms with van der Waals surface area (Å²) in [5.41, 5.74) is 3.02. The summed E-state index contributed by atoms with van der Waals surface area (Å²) in [5.74, 6) is 1.57. The van der Waals surface area contributed by atoms with Gasteiger partial charge >= 0.3 is 0 Å². The molecule has 2 aromatic rings. The monoisotopic (exact) mass is 286 g/mol. The summed E-state index contributed by atoms with van der Waals surface area (Å²) in [7, 11) is 1.64. The fraction of sp³-hybridized carbons (Fsp3) is 0.333. The second-order valence-electron chi connectivity index (χ2n) is 5.04. The van der Waals surface area contributed by atoms with Crippen LogP contribution >= 0.6 is 0 Å². The Bertz CT molecular complexity index is 576. The van der Waals surface area contributed by atoms with Gasteiger partial charge in [0.15, 0.2) is 0 Å². The van der Waals surface area contributed by atoms with Crippen molar-refractivity contribution in [3.63, 3.8) is 0 Å². The topological polar surface area (TPSA) is 38.7 Å². The highest BCUT2D eigenvalue weighted by Crippen LogP contribution is 2.29. The number of methoxy groups -OCH3 is 1. The van der Waals surface area contributed by atoms with Crippen molar-refractivity contribution in [1.82, 2.24) is 0 Å². The van der Waals surface area contributed by atoms with Crippen molar-refractivity contribution in [1.29, 1.82) is 0 Å². The lowest BCUT2D eigenvalue weighted by atomic mass is 9.99. The van der Waals surface area contributed by atoms with E-state index in [0.29, 0.717) is 13.0 Å². The standard InChI is InChI=1S/C18H22O3/c1-4-21-18-10-5-13(2)11-16(18)17(19)12-14-6-8-15(20-3)9-7-14/h5-11,17,19H,4,12H2,1-3H3. The van der Waals surface area contributed by atoms with E-state index in [4.69, 9.17) is 9.47 Å². The lowest BCUT2D eigenvalue weighted by molar-refractivity contribution is 0.172. The summed E-state index contributed by atoms with van der Waals surface area (Å²) < 4.78 is 10.8. The highest BCUT2D eigenvalue weighted by molar-refractivity contribution is 5.39. The van der Waals surface area contributed by atoms with Gasteiger partial charge in [0.25, 0.3) is 0 Å². The van der Waals surface area contributed by atoms with Gasteiger partial charge in [-0.2, -0.15) is 0 Å². The molecule has 0 saturated heterocycles. The molecule has 0 aromatic heterocycles. The average Bonchev–Trinajstić information content (AvgIpc) is 2.50. The van der Waals surface area contributed by atoms with E-state index >= 15 is 0 Å². The molecule has 0 heterocycles. The van der Waals surface area contributed by atoms with Crippen molar-refractivity contribution in [3.8, 4) is 11.5 Å². The average molecular weight is 286 g/mol. The van der Waals surface area contributed by atoms with E-state index in [0.717, 1.165) is 28.2 Å². The van der Waals surface area contributed by atoms with Gasteiger partial charge in [0.05, 0.1) is 19.8 Å². The number of hydrogen-bond donors (Lipinski definition) is 1. The minimum absolute atomic E-state index is 0.549. The van der Waals surface area contributed by atoms with E-state index in [1.54, 1.807) is 7.11 Å². The van der Waals surface area contributed by atoms with E-state index in [9.17, 15) is 5.11 Å². The lowest BCUT2D eigenvalue weighted by Crippen LogP contribution is -2.06. The van der Waals surface area contributed by atoms with Gasteiger partial charge in [0, 0.05) is 12.0 Å². The van der Waals surface area contributed by atoms with E-state index in [-0.39, 0.29) is 0 Å². The molecular formula is C18H22O3. The molecule has 0 radical (unpaired) electrons. The maximum atomic E-state index is 10.5. The van der Waals surface area contributed by atoms with Gasteiger partial charge < -0.3 is 14.6 Å². The zero-order valence-corrected chi connectivity index (χ0v) is 12.8. The van der Waals surface area contributed by atoms with E-state index in [1.165, 1.54) is 0 Å². The SMILES string of the molecule is CCOc1ccc(C)cc1C(O)Cc1ccc(OC)cc1. The van der Waals surface area contributed by atoms with Crippen molar-refractivity contribution >= 4 is 0 Å². The van der Waals surface area contributed by atoms with E-state index in [2.05, 4.69) is 0 Å². The Labute approximate surface area is 126 Å². The maximum absolute atomic E-state index is 10.5. The van der Waals surface area contributed by atoms with Crippen LogP contribution in [-0.2, 0) is 6.42 Å². The molecule has 1 atom stereocenters. The second kappa shape index (κ2) is 7.14. The Morgan fingerprint density at radius 1 is 1.10 bits per heavy atom. The third-order valence-corrected chi connectivity index (χ3v) is 3.41. The van der Waals surface area contributed by atoms with Crippen LogP contribution in [-0.4, -0.2) is 18.8 Å². The molecule has 2 rings (SSSR count). The molecule has 3 nitrogen and oxygen atoms in total. The smallest absolute Gasteiger partial charge is 0.125 e. The van der Waals surface area contributed by atoms with Crippen LogP contribution in [0.4, 0.5) is 0 Å². The molecule has 0 spiro atoms. The van der Waals surface area contributed by atoms with Crippen LogP contribution in [0.5, 0.6) is 11.5 Å². The molecule has 0 aliphatic rings. The number of aliphatic hydroxyl groups is 1. The Balaban J connectivity index is 2.18. The van der Waals surface area contributed by atoms with E-state index < -0.39 is 6.10 Å². The van der Waals surface area contributed by atoms with Crippen molar-refractivity contribution in [3.05, 3.63) is 59.2 Å². The van der Waals surface area contributed by atoms with Gasteiger partial charge in [0.1, 0.15) is 11.5 Å². The number of hydrogen-bond acceptors (Lipinski definition) is 3. The summed E-state index contributed by atoms with van der Waals surface area (Å²) >= 11 is 0. The summed E-state index contributed by atoms with van der Waals surface area (Å²) in [4.78, 5) is 0. The van der Waals surface area contributed by atoms with Gasteiger partial charge in [-0.05, 0) is 43.7 Å². The van der Waals surface area contributed by atoms with Crippen LogP contribution in [0.3, 0.4) is 0 Å². The quantitative estimate of drug-likeness (QED) is 0.880. The number of aryl methyl sites for hydroxylation is 1. The van der Waals surface area contributed by atoms with Crippen LogP contribution in [0.2, 0.25) is 0 Å². The van der Waals surface area contributed by atoms with Crippen LogP contribution < -0.4 is 9.47 Å². The molecule has 0 fully saturated rings. The highest BCUT2D eigenvalue weighted by atomic mass is 16.5. The Hall–Kier alpha value is -2.00. The molecule has 1 N–H and O–H groups in total. The normalized spacial score (nSPS) is 12.0. The fourth-order valence-corrected chi connectivity index (χ4v) is 2.31. The first kappa shape index (κ1) is 15.4. The number of rotatable bonds is 6. The van der Waals surface area contributed by atoms with Crippen molar-refractivity contribution in [2.24, 2.45) is 0 Å². The predicted octanol–water partition coefficient (Wildman–Crippen LogP) is 3.68. The zero-order valence-electron chi connectivity index (χ0n) is 12.8. The molecule has 21 heavy (non-hydrogen) atoms. The van der Waals surface area contributed by atoms with Crippen LogP contribution in [0.15, 0.2) is 42.5 Å². The molecule has 2 aromatic carbocycles. The molecule has 3 heteroatoms. The number of aliphatic hydroxyl groups excluding tert-OH is 1. The highest BCUT2D eigenvalue weighted by Gasteiger charge is 2.14. The Morgan fingerprint density at radius 3 is 2.43 bits per heavy atom. The predicted molar refractivity (Wildman–Crippen MR) is 84.0 cm³/mol. The third-order valence-electron chi connectivity index (χ3n) is 3.41. The largest absolute Gasteiger partial charge is 0.497 e. The second-order valence-corrected chi connectivity index (χ2v) is 5.04. The minimum Gasteiger partial charge on any atom is -0.497 e. The summed E-state index contributed by atoms with van der Waals surface area (Å²) in [6.45, 7) is 4.55. The molecule has 0 bridgehead atoms. The van der Waals surface area contributed by atoms with Crippen LogP contribution in [0, 0.1) is 6.92 Å². The van der Waals surface area contributed by atoms with Gasteiger partial charge in [-0.25, -0.2) is 0 Å². The summed E-state index contributed by atoms with van der Waals surface area (Å²) in [6, 6.07) is 13.7. The Morgan fingerprint density at radius 2 is 1.81 bits per heavy atom. The maximum Gasteiger partial charge on any atom is 0.125 e. The van der Waals surface area contributed by atoms with E-state index in [1.807, 2.05) is 56.3 Å². The summed E-state index contributed by atoms with van der Waals surface area (Å²) in [6.07, 6.45) is -0.0343. The zero-order chi connectivity index (χ0) is 15.2. The summed E-state index contributed by atoms with van der Waals surface area (Å²) in [5, 5.41) is 10.5. The van der Waals surface area contributed by atoms with Crippen LogP contribution in [0.25, 0.3) is 0 Å². The Kier molecular flexibility index (Phi) is 5.23. The molecule has 0 aliphatic heterocycles. The first-order chi connectivity index (χ1) is 10.1. The molecule has 0 amide bonds. The van der Waals surface area contributed by atoms with Crippen molar-refractivity contribution in [2.75, 3.05) is 13.7 Å². The van der Waals surface area contributed by atoms with Gasteiger partial charge in [-0.15, -0.1) is 0 Å². The minimum atomic E-state index is -0.583. The molecule has 1 unspecified atom stereocenters. The van der Waals surface area contributed by atoms with Gasteiger partial charge in [0.2, 0.25) is 0 Å². The lowest BCUT2D eigenvalue weighted by Gasteiger charge is -2.17. The third kappa shape index (κ3) is 3.99. The fourth-order valence-electron chi connectivity index (χ4n) is 2.31. The molecule has 0 aliphatic carbocycles. The van der Waals surface area contributed by atoms with Crippen molar-refractivity contribution in [2.45, 2.75) is 26.4 Å². The first-order valence-electron chi connectivity index (χ1n) is 7.18. The van der Waals surface area contributed by atoms with Crippen molar-refractivity contribution < 1.29 is 14.6 Å². The van der Waals surface area contributed by atoms with Gasteiger partial charge in [-0.3, -0.25) is 0 Å². The number of benzene rings is 2. The molecular weight excluding hydrogens is 264 g/mol. The molecule has 0 saturated carbocycles. The number of ether oxygens (including phenoxy) is 2. The van der Waals surface area contributed by atoms with Crippen LogP contribution in [0.1, 0.15) is 29.7 Å².